The first-order valence-corrected chi connectivity index (χ1v) is 10.1. The lowest BCUT2D eigenvalue weighted by Crippen LogP contribution is -2.15. The van der Waals surface area contributed by atoms with Crippen LogP contribution >= 0.6 is 7.60 Å². The van der Waals surface area contributed by atoms with E-state index in [0.29, 0.717) is 12.0 Å². The molecule has 0 saturated heterocycles. The highest BCUT2D eigenvalue weighted by Crippen LogP contribution is 2.50. The second-order valence-corrected chi connectivity index (χ2v) is 7.95. The van der Waals surface area contributed by atoms with Gasteiger partial charge in [-0.1, -0.05) is 6.08 Å². The molecule has 0 atom stereocenters. The third kappa shape index (κ3) is 7.70. The Labute approximate surface area is 154 Å². The van der Waals surface area contributed by atoms with E-state index < -0.39 is 7.60 Å². The van der Waals surface area contributed by atoms with Gasteiger partial charge in [-0.05, 0) is 34.1 Å². The summed E-state index contributed by atoms with van der Waals surface area (Å²) in [7, 11) is -3.34. The van der Waals surface area contributed by atoms with Gasteiger partial charge in [-0.2, -0.15) is 9.97 Å². The van der Waals surface area contributed by atoms with Crippen LogP contribution in [-0.2, 0) is 24.8 Å². The zero-order chi connectivity index (χ0) is 19.7. The first-order valence-electron chi connectivity index (χ1n) is 8.36. The minimum absolute atomic E-state index is 0.0198. The molecule has 0 unspecified atom stereocenters. The summed E-state index contributed by atoms with van der Waals surface area (Å²) in [4.78, 5) is 7.93. The van der Waals surface area contributed by atoms with Gasteiger partial charge in [-0.15, -0.1) is 6.58 Å². The van der Waals surface area contributed by atoms with Crippen molar-refractivity contribution < 1.29 is 23.1 Å². The van der Waals surface area contributed by atoms with Gasteiger partial charge in [0.1, 0.15) is 18.8 Å². The largest absolute Gasteiger partial charge is 0.475 e. The van der Waals surface area contributed by atoms with Gasteiger partial charge in [0, 0.05) is 0 Å². The minimum atomic E-state index is -3.34. The predicted octanol–water partition coefficient (Wildman–Crippen LogP) is 2.77. The number of aromatic nitrogens is 2. The topological polar surface area (TPSA) is 132 Å². The van der Waals surface area contributed by atoms with E-state index in [1.165, 1.54) is 0 Å². The fourth-order valence-electron chi connectivity index (χ4n) is 2.05. The molecule has 148 valence electrons. The van der Waals surface area contributed by atoms with Crippen LogP contribution in [-0.4, -0.2) is 41.7 Å². The lowest BCUT2D eigenvalue weighted by atomic mass is 10.2. The number of ether oxygens (including phenoxy) is 2. The lowest BCUT2D eigenvalue weighted by Gasteiger charge is -2.22. The van der Waals surface area contributed by atoms with E-state index in [2.05, 4.69) is 16.5 Å². The van der Waals surface area contributed by atoms with Crippen molar-refractivity contribution in [3.63, 3.8) is 0 Å². The molecule has 10 heteroatoms. The number of rotatable bonds is 12. The molecular formula is C16H29N4O5P. The fourth-order valence-corrected chi connectivity index (χ4v) is 3.86. The minimum Gasteiger partial charge on any atom is -0.475 e. The summed E-state index contributed by atoms with van der Waals surface area (Å²) in [6.45, 7) is 11.1. The lowest BCUT2D eigenvalue weighted by molar-refractivity contribution is 0.0843. The van der Waals surface area contributed by atoms with E-state index in [9.17, 15) is 4.57 Å². The highest BCUT2D eigenvalue weighted by atomic mass is 31.2. The molecule has 26 heavy (non-hydrogen) atoms. The molecule has 0 radical (unpaired) electrons. The summed E-state index contributed by atoms with van der Waals surface area (Å²) in [6.07, 6.45) is 1.46. The van der Waals surface area contributed by atoms with E-state index in [4.69, 9.17) is 30.0 Å². The monoisotopic (exact) mass is 388 g/mol. The molecule has 1 heterocycles. The number of nitrogens with two attached hydrogens (primary N) is 2. The van der Waals surface area contributed by atoms with Gasteiger partial charge in [0.25, 0.3) is 0 Å². The first kappa shape index (κ1) is 22.4. The summed E-state index contributed by atoms with van der Waals surface area (Å²) in [5.41, 5.74) is 12.0. The van der Waals surface area contributed by atoms with Crippen LogP contribution in [0, 0.1) is 0 Å². The predicted molar refractivity (Wildman–Crippen MR) is 101 cm³/mol. The normalized spacial score (nSPS) is 11.9. The molecule has 9 nitrogen and oxygen atoms in total. The van der Waals surface area contributed by atoms with Crippen LogP contribution in [0.2, 0.25) is 0 Å². The first-order chi connectivity index (χ1) is 12.2. The molecule has 0 aromatic carbocycles. The summed E-state index contributed by atoms with van der Waals surface area (Å²) >= 11 is 0. The Bertz CT molecular complexity index is 625. The number of nitrogen functional groups attached to an aromatic ring is 2. The highest BCUT2D eigenvalue weighted by Gasteiger charge is 2.28. The molecule has 0 saturated carbocycles. The zero-order valence-electron chi connectivity index (χ0n) is 15.8. The van der Waals surface area contributed by atoms with Crippen molar-refractivity contribution in [2.45, 2.75) is 46.3 Å². The van der Waals surface area contributed by atoms with Crippen molar-refractivity contribution >= 4 is 19.4 Å². The summed E-state index contributed by atoms with van der Waals surface area (Å²) in [5, 5.41) is 0. The molecular weight excluding hydrogens is 359 g/mol. The van der Waals surface area contributed by atoms with Crippen molar-refractivity contribution in [2.75, 3.05) is 31.0 Å². The van der Waals surface area contributed by atoms with Crippen molar-refractivity contribution in [1.82, 2.24) is 9.97 Å². The van der Waals surface area contributed by atoms with Crippen LogP contribution in [0.3, 0.4) is 0 Å². The zero-order valence-corrected chi connectivity index (χ0v) is 16.7. The van der Waals surface area contributed by atoms with E-state index in [-0.39, 0.29) is 49.4 Å². The number of hydrogen-bond acceptors (Lipinski definition) is 9. The molecule has 1 rings (SSSR count). The Morgan fingerprint density at radius 3 is 2.27 bits per heavy atom. The molecule has 1 aromatic heterocycles. The molecule has 1 aromatic rings. The Hall–Kier alpha value is -1.67. The van der Waals surface area contributed by atoms with E-state index in [1.807, 2.05) is 0 Å². The van der Waals surface area contributed by atoms with Crippen LogP contribution in [0.5, 0.6) is 5.88 Å². The van der Waals surface area contributed by atoms with Gasteiger partial charge >= 0.3 is 7.60 Å². The van der Waals surface area contributed by atoms with Gasteiger partial charge in [-0.3, -0.25) is 4.57 Å². The van der Waals surface area contributed by atoms with Crippen LogP contribution in [0.25, 0.3) is 0 Å². The van der Waals surface area contributed by atoms with E-state index in [1.54, 1.807) is 33.8 Å². The van der Waals surface area contributed by atoms with Gasteiger partial charge in [0.05, 0.1) is 24.4 Å². The van der Waals surface area contributed by atoms with Crippen LogP contribution in [0.1, 0.15) is 33.3 Å². The maximum Gasteiger partial charge on any atom is 0.356 e. The Kier molecular flexibility index (Phi) is 9.01. The van der Waals surface area contributed by atoms with Gasteiger partial charge in [0.15, 0.2) is 0 Å². The maximum absolute atomic E-state index is 12.6. The highest BCUT2D eigenvalue weighted by molar-refractivity contribution is 7.53. The number of allylic oxidation sites excluding steroid dienone is 1. The average molecular weight is 388 g/mol. The Morgan fingerprint density at radius 2 is 1.73 bits per heavy atom. The Balaban J connectivity index is 2.58. The average Bonchev–Trinajstić information content (AvgIpc) is 2.48. The Morgan fingerprint density at radius 1 is 1.12 bits per heavy atom. The van der Waals surface area contributed by atoms with Crippen molar-refractivity contribution in [3.8, 4) is 5.88 Å². The van der Waals surface area contributed by atoms with E-state index in [0.717, 1.165) is 0 Å². The van der Waals surface area contributed by atoms with Crippen molar-refractivity contribution in [1.29, 1.82) is 0 Å². The third-order valence-corrected chi connectivity index (χ3v) is 4.81. The quantitative estimate of drug-likeness (QED) is 0.315. The molecule has 4 N–H and O–H groups in total. The number of anilines is 2. The molecule has 0 aliphatic heterocycles. The summed E-state index contributed by atoms with van der Waals surface area (Å²) in [5.74, 6) is 0.540. The molecule has 0 aliphatic rings. The van der Waals surface area contributed by atoms with Crippen molar-refractivity contribution in [3.05, 3.63) is 18.2 Å². The molecule has 0 amide bonds. The van der Waals surface area contributed by atoms with Gasteiger partial charge in [-0.25, -0.2) is 0 Å². The second-order valence-electron chi connectivity index (χ2n) is 6.05. The smallest absolute Gasteiger partial charge is 0.356 e. The van der Waals surface area contributed by atoms with Crippen LogP contribution in [0.4, 0.5) is 11.8 Å². The number of hydrogen-bond donors (Lipinski definition) is 2. The third-order valence-electron chi connectivity index (χ3n) is 2.83. The number of nitrogens with zero attached hydrogens (tertiary/aromatic N) is 2. The fraction of sp³-hybridized carbons (Fsp3) is 0.625. The van der Waals surface area contributed by atoms with Gasteiger partial charge < -0.3 is 30.0 Å². The SMILES string of the molecule is C=CCc1c(N)nc(N)nc1OCCOCP(=O)(OC(C)C)OC(C)C. The van der Waals surface area contributed by atoms with Crippen LogP contribution in [0.15, 0.2) is 12.7 Å². The van der Waals surface area contributed by atoms with Crippen molar-refractivity contribution in [2.24, 2.45) is 0 Å². The van der Waals surface area contributed by atoms with E-state index >= 15 is 0 Å². The molecule has 0 aliphatic carbocycles. The molecule has 0 fully saturated rings. The summed E-state index contributed by atoms with van der Waals surface area (Å²) < 4.78 is 34.4. The maximum atomic E-state index is 12.6. The van der Waals surface area contributed by atoms with Crippen LogP contribution < -0.4 is 16.2 Å². The molecule has 0 spiro atoms. The summed E-state index contributed by atoms with van der Waals surface area (Å²) in [6, 6.07) is 0. The second kappa shape index (κ2) is 10.5. The standard InChI is InChI=1S/C16H29N4O5P/c1-6-7-13-14(17)19-16(18)20-15(13)23-9-8-22-10-26(21,24-11(2)3)25-12(4)5/h6,11-12H,1,7-10H2,2-5H3,(H4,17,18,19,20). The van der Waals surface area contributed by atoms with Gasteiger partial charge in [0.2, 0.25) is 11.8 Å². The molecule has 0 bridgehead atoms.